The lowest BCUT2D eigenvalue weighted by Crippen LogP contribution is -2.55. The van der Waals surface area contributed by atoms with Crippen molar-refractivity contribution < 1.29 is 9.94 Å². The van der Waals surface area contributed by atoms with Gasteiger partial charge in [-0.2, -0.15) is 0 Å². The highest BCUT2D eigenvalue weighted by Gasteiger charge is 2.51. The molecule has 1 aromatic rings. The molecule has 2 atom stereocenters. The van der Waals surface area contributed by atoms with E-state index in [0.29, 0.717) is 11.8 Å². The molecule has 1 aromatic carbocycles. The first-order valence-electron chi connectivity index (χ1n) is 7.27. The number of hydroxylamine groups is 1. The van der Waals surface area contributed by atoms with Crippen molar-refractivity contribution in [3.8, 4) is 5.75 Å². The highest BCUT2D eigenvalue weighted by molar-refractivity contribution is 5.56. The van der Waals surface area contributed by atoms with E-state index in [2.05, 4.69) is 15.4 Å². The molecule has 5 rings (SSSR count). The van der Waals surface area contributed by atoms with Crippen molar-refractivity contribution in [1.29, 1.82) is 0 Å². The van der Waals surface area contributed by atoms with E-state index in [1.165, 1.54) is 25.9 Å². The molecular formula is C15H19N3O2. The molecule has 4 aliphatic heterocycles. The van der Waals surface area contributed by atoms with E-state index < -0.39 is 5.72 Å². The molecule has 4 aliphatic rings. The van der Waals surface area contributed by atoms with Crippen molar-refractivity contribution in [1.82, 2.24) is 10.4 Å². The molecule has 0 saturated carbocycles. The van der Waals surface area contributed by atoms with Crippen molar-refractivity contribution in [2.75, 3.05) is 19.6 Å². The summed E-state index contributed by atoms with van der Waals surface area (Å²) in [6.07, 6.45) is 4.09. The molecule has 3 saturated heterocycles. The molecule has 2 bridgehead atoms. The van der Waals surface area contributed by atoms with Gasteiger partial charge >= 0.3 is 0 Å². The second-order valence-corrected chi connectivity index (χ2v) is 5.97. The summed E-state index contributed by atoms with van der Waals surface area (Å²) in [5.74, 6) is 1.29. The van der Waals surface area contributed by atoms with Crippen LogP contribution in [0.2, 0.25) is 0 Å². The Hall–Kier alpha value is -1.59. The van der Waals surface area contributed by atoms with E-state index in [-0.39, 0.29) is 5.75 Å². The average molecular weight is 273 g/mol. The Morgan fingerprint density at radius 1 is 1.25 bits per heavy atom. The van der Waals surface area contributed by atoms with Crippen molar-refractivity contribution in [3.63, 3.8) is 0 Å². The first-order chi connectivity index (χ1) is 9.78. The predicted octanol–water partition coefficient (Wildman–Crippen LogP) is 1.45. The van der Waals surface area contributed by atoms with Gasteiger partial charge in [0, 0.05) is 18.0 Å². The number of nitrogens with one attached hydrogen (secondary N) is 1. The maximum absolute atomic E-state index is 9.50. The topological polar surface area (TPSA) is 57.1 Å². The fraction of sp³-hybridized carbons (Fsp3) is 0.533. The molecule has 0 aliphatic carbocycles. The van der Waals surface area contributed by atoms with Crippen molar-refractivity contribution in [3.05, 3.63) is 29.8 Å². The summed E-state index contributed by atoms with van der Waals surface area (Å²) in [5, 5.41) is 9.50. The number of aromatic hydroxyl groups is 1. The average Bonchev–Trinajstić information content (AvgIpc) is 3.00. The third-order valence-electron chi connectivity index (χ3n) is 4.96. The van der Waals surface area contributed by atoms with Crippen LogP contribution in [0.5, 0.6) is 5.75 Å². The molecule has 0 radical (unpaired) electrons. The monoisotopic (exact) mass is 273 g/mol. The fourth-order valence-electron chi connectivity index (χ4n) is 3.89. The van der Waals surface area contributed by atoms with Gasteiger partial charge in [-0.15, -0.1) is 0 Å². The first kappa shape index (κ1) is 12.2. The first-order valence-corrected chi connectivity index (χ1v) is 7.27. The minimum absolute atomic E-state index is 0.271. The lowest BCUT2D eigenvalue weighted by atomic mass is 9.71. The predicted molar refractivity (Wildman–Crippen MR) is 75.2 cm³/mol. The highest BCUT2D eigenvalue weighted by Crippen LogP contribution is 2.47. The number of piperidine rings is 3. The Morgan fingerprint density at radius 2 is 2.00 bits per heavy atom. The summed E-state index contributed by atoms with van der Waals surface area (Å²) < 4.78 is 0. The Balaban J connectivity index is 1.73. The molecular weight excluding hydrogens is 254 g/mol. The number of fused-ring (bicyclic) bond motifs is 3. The zero-order chi connectivity index (χ0) is 13.6. The van der Waals surface area contributed by atoms with Crippen LogP contribution in [0, 0.1) is 11.8 Å². The number of rotatable bonds is 2. The maximum atomic E-state index is 9.50. The summed E-state index contributed by atoms with van der Waals surface area (Å²) in [7, 11) is 0. The number of benzene rings is 1. The van der Waals surface area contributed by atoms with Crippen LogP contribution in [0.3, 0.4) is 0 Å². The summed E-state index contributed by atoms with van der Waals surface area (Å²) in [6, 6.07) is 7.24. The molecule has 106 valence electrons. The van der Waals surface area contributed by atoms with Gasteiger partial charge in [-0.25, -0.2) is 9.83 Å². The highest BCUT2D eigenvalue weighted by atomic mass is 16.7. The van der Waals surface area contributed by atoms with Crippen LogP contribution in [0.4, 0.5) is 0 Å². The molecule has 5 nitrogen and oxygen atoms in total. The summed E-state index contributed by atoms with van der Waals surface area (Å²) >= 11 is 0. The van der Waals surface area contributed by atoms with E-state index in [9.17, 15) is 5.11 Å². The van der Waals surface area contributed by atoms with Crippen LogP contribution in [-0.2, 0) is 10.6 Å². The van der Waals surface area contributed by atoms with Crippen LogP contribution in [0.1, 0.15) is 18.4 Å². The fourth-order valence-corrected chi connectivity index (χ4v) is 3.89. The van der Waals surface area contributed by atoms with E-state index in [1.54, 1.807) is 18.5 Å². The van der Waals surface area contributed by atoms with Gasteiger partial charge in [0.25, 0.3) is 0 Å². The van der Waals surface area contributed by atoms with E-state index in [0.717, 1.165) is 12.1 Å². The number of phenolic OH excluding ortho intramolecular Hbond substituents is 1. The summed E-state index contributed by atoms with van der Waals surface area (Å²) in [4.78, 5) is 13.0. The minimum Gasteiger partial charge on any atom is -0.508 e. The Kier molecular flexibility index (Phi) is 2.72. The third-order valence-corrected chi connectivity index (χ3v) is 4.96. The molecule has 2 N–H and O–H groups in total. The number of aliphatic imine (C=N–C) groups is 1. The summed E-state index contributed by atoms with van der Waals surface area (Å²) in [6.45, 7) is 3.43. The number of hydrogen-bond donors (Lipinski definition) is 2. The van der Waals surface area contributed by atoms with Gasteiger partial charge in [0.1, 0.15) is 12.1 Å². The lowest BCUT2D eigenvalue weighted by Gasteiger charge is -2.49. The second-order valence-electron chi connectivity index (χ2n) is 5.97. The molecule has 0 spiro atoms. The van der Waals surface area contributed by atoms with Gasteiger partial charge in [-0.1, -0.05) is 12.1 Å². The Bertz CT molecular complexity index is 522. The third kappa shape index (κ3) is 1.73. The van der Waals surface area contributed by atoms with Crippen molar-refractivity contribution >= 4 is 6.34 Å². The van der Waals surface area contributed by atoms with E-state index >= 15 is 0 Å². The SMILES string of the molecule is Oc1ccc(C2(C3CN4CCC3CC4)N=CNO2)cc1. The second kappa shape index (κ2) is 4.46. The van der Waals surface area contributed by atoms with Gasteiger partial charge < -0.3 is 10.0 Å². The molecule has 5 heteroatoms. The van der Waals surface area contributed by atoms with Gasteiger partial charge in [0.05, 0.1) is 0 Å². The smallest absolute Gasteiger partial charge is 0.216 e. The van der Waals surface area contributed by atoms with Crippen molar-refractivity contribution in [2.45, 2.75) is 18.6 Å². The minimum atomic E-state index is -0.641. The molecule has 0 aromatic heterocycles. The Morgan fingerprint density at radius 3 is 2.55 bits per heavy atom. The number of phenols is 1. The van der Waals surface area contributed by atoms with Gasteiger partial charge in [0.15, 0.2) is 0 Å². The normalized spacial score (nSPS) is 38.9. The zero-order valence-corrected chi connectivity index (χ0v) is 11.3. The molecule has 20 heavy (non-hydrogen) atoms. The van der Waals surface area contributed by atoms with Gasteiger partial charge in [-0.3, -0.25) is 5.48 Å². The van der Waals surface area contributed by atoms with Crippen LogP contribution in [-0.4, -0.2) is 36.0 Å². The largest absolute Gasteiger partial charge is 0.508 e. The van der Waals surface area contributed by atoms with E-state index in [4.69, 9.17) is 4.84 Å². The van der Waals surface area contributed by atoms with E-state index in [1.807, 2.05) is 12.1 Å². The lowest BCUT2D eigenvalue weighted by molar-refractivity contribution is -0.146. The molecule has 0 amide bonds. The summed E-state index contributed by atoms with van der Waals surface area (Å²) in [5.41, 5.74) is 3.18. The van der Waals surface area contributed by atoms with Gasteiger partial charge in [-0.05, 0) is 44.0 Å². The zero-order valence-electron chi connectivity index (χ0n) is 11.3. The Labute approximate surface area is 118 Å². The van der Waals surface area contributed by atoms with Crippen LogP contribution >= 0.6 is 0 Å². The van der Waals surface area contributed by atoms with Crippen LogP contribution in [0.15, 0.2) is 29.3 Å². The molecule has 4 heterocycles. The maximum Gasteiger partial charge on any atom is 0.216 e. The quantitative estimate of drug-likeness (QED) is 0.856. The number of nitrogens with zero attached hydrogens (tertiary/aromatic N) is 2. The van der Waals surface area contributed by atoms with Gasteiger partial charge in [0.2, 0.25) is 5.72 Å². The standard InChI is InChI=1S/C15H19N3O2/c19-13-3-1-12(2-4-13)15(16-10-17-20-15)14-9-18-7-5-11(14)6-8-18/h1-4,10-11,14,19H,5-9H2,(H,16,17). The van der Waals surface area contributed by atoms with Crippen LogP contribution < -0.4 is 5.48 Å². The molecule has 2 unspecified atom stereocenters. The molecule has 3 fully saturated rings. The van der Waals surface area contributed by atoms with Crippen molar-refractivity contribution in [2.24, 2.45) is 16.8 Å². The number of hydrogen-bond acceptors (Lipinski definition) is 5. The van der Waals surface area contributed by atoms with Crippen LogP contribution in [0.25, 0.3) is 0 Å².